The Morgan fingerprint density at radius 2 is 2.25 bits per heavy atom. The van der Waals surface area contributed by atoms with Gasteiger partial charge < -0.3 is 0 Å². The van der Waals surface area contributed by atoms with E-state index < -0.39 is 0 Å². The molecule has 1 aromatic rings. The van der Waals surface area contributed by atoms with Gasteiger partial charge in [0.15, 0.2) is 6.29 Å². The van der Waals surface area contributed by atoms with Gasteiger partial charge in [-0.25, -0.2) is 0 Å². The molecule has 0 radical (unpaired) electrons. The quantitative estimate of drug-likeness (QED) is 0.687. The molecular weight excluding hydrogens is 218 g/mol. The topological polar surface area (TPSA) is 40.9 Å². The van der Waals surface area contributed by atoms with Crippen molar-refractivity contribution in [1.82, 2.24) is 0 Å². The highest BCUT2D eigenvalue weighted by atomic mass is 79.9. The number of benzene rings is 1. The van der Waals surface area contributed by atoms with E-state index in [4.69, 9.17) is 5.26 Å². The minimum atomic E-state index is 0.511. The highest BCUT2D eigenvalue weighted by molar-refractivity contribution is 9.10. The maximum Gasteiger partial charge on any atom is 0.151 e. The number of rotatable bonds is 1. The Kier molecular flexibility index (Phi) is 2.61. The lowest BCUT2D eigenvalue weighted by Crippen LogP contribution is -1.88. The van der Waals surface area contributed by atoms with Crippen LogP contribution in [0.5, 0.6) is 0 Å². The average Bonchev–Trinajstić information content (AvgIpc) is 2.05. The molecule has 0 aromatic heterocycles. The van der Waals surface area contributed by atoms with Crippen LogP contribution in [0.25, 0.3) is 0 Å². The number of aryl methyl sites for hydroxylation is 1. The number of nitriles is 1. The Bertz CT molecular complexity index is 366. The average molecular weight is 224 g/mol. The molecule has 0 amide bonds. The normalized spacial score (nSPS) is 9.08. The first-order valence-electron chi connectivity index (χ1n) is 3.34. The summed E-state index contributed by atoms with van der Waals surface area (Å²) < 4.78 is 0.731. The summed E-state index contributed by atoms with van der Waals surface area (Å²) in [4.78, 5) is 10.5. The fourth-order valence-corrected chi connectivity index (χ4v) is 1.45. The van der Waals surface area contributed by atoms with Crippen LogP contribution in [0.3, 0.4) is 0 Å². The molecule has 0 atom stereocenters. The number of hydrogen-bond donors (Lipinski definition) is 0. The van der Waals surface area contributed by atoms with Gasteiger partial charge in [-0.1, -0.05) is 15.9 Å². The van der Waals surface area contributed by atoms with Gasteiger partial charge in [0.25, 0.3) is 0 Å². The van der Waals surface area contributed by atoms with Crippen LogP contribution in [-0.2, 0) is 0 Å². The third-order valence-electron chi connectivity index (χ3n) is 1.59. The van der Waals surface area contributed by atoms with Crippen molar-refractivity contribution in [3.63, 3.8) is 0 Å². The Balaban J connectivity index is 3.39. The zero-order valence-corrected chi connectivity index (χ0v) is 8.05. The summed E-state index contributed by atoms with van der Waals surface area (Å²) in [6, 6.07) is 5.36. The van der Waals surface area contributed by atoms with E-state index >= 15 is 0 Å². The Hall–Kier alpha value is -1.14. The first-order chi connectivity index (χ1) is 5.69. The van der Waals surface area contributed by atoms with Crippen LogP contribution in [-0.4, -0.2) is 6.29 Å². The van der Waals surface area contributed by atoms with E-state index in [-0.39, 0.29) is 0 Å². The third kappa shape index (κ3) is 1.54. The molecule has 0 saturated heterocycles. The molecule has 1 aromatic carbocycles. The lowest BCUT2D eigenvalue weighted by Gasteiger charge is -2.00. The number of carbonyl (C=O) groups excluding carboxylic acids is 1. The van der Waals surface area contributed by atoms with Gasteiger partial charge in [-0.05, 0) is 24.6 Å². The number of nitrogens with zero attached hydrogens (tertiary/aromatic N) is 1. The maximum atomic E-state index is 10.5. The van der Waals surface area contributed by atoms with Gasteiger partial charge in [0.1, 0.15) is 0 Å². The van der Waals surface area contributed by atoms with E-state index in [1.54, 1.807) is 12.1 Å². The van der Waals surface area contributed by atoms with Crippen LogP contribution in [0.1, 0.15) is 21.5 Å². The summed E-state index contributed by atoms with van der Waals surface area (Å²) in [6.45, 7) is 1.83. The molecule has 0 heterocycles. The SMILES string of the molecule is Cc1cc(Br)c(C=O)cc1C#N. The highest BCUT2D eigenvalue weighted by Gasteiger charge is 2.03. The first-order valence-corrected chi connectivity index (χ1v) is 4.13. The number of hydrogen-bond acceptors (Lipinski definition) is 2. The van der Waals surface area contributed by atoms with Crippen molar-refractivity contribution in [2.24, 2.45) is 0 Å². The third-order valence-corrected chi connectivity index (χ3v) is 2.28. The highest BCUT2D eigenvalue weighted by Crippen LogP contribution is 2.19. The van der Waals surface area contributed by atoms with E-state index in [2.05, 4.69) is 15.9 Å². The summed E-state index contributed by atoms with van der Waals surface area (Å²) in [5, 5.41) is 8.65. The minimum Gasteiger partial charge on any atom is -0.298 e. The second-order valence-electron chi connectivity index (χ2n) is 2.42. The molecule has 0 aliphatic rings. The van der Waals surface area contributed by atoms with Gasteiger partial charge in [-0.3, -0.25) is 4.79 Å². The summed E-state index contributed by atoms with van der Waals surface area (Å²) in [6.07, 6.45) is 0.727. The molecular formula is C9H6BrNO. The van der Waals surface area contributed by atoms with E-state index in [0.29, 0.717) is 11.1 Å². The molecule has 60 valence electrons. The molecule has 0 aliphatic carbocycles. The standard InChI is InChI=1S/C9H6BrNO/c1-6-2-9(10)8(5-12)3-7(6)4-11/h2-3,5H,1H3. The maximum absolute atomic E-state index is 10.5. The van der Waals surface area contributed by atoms with Crippen molar-refractivity contribution in [3.05, 3.63) is 33.3 Å². The second kappa shape index (κ2) is 3.51. The predicted molar refractivity (Wildman–Crippen MR) is 49.0 cm³/mol. The first kappa shape index (κ1) is 8.95. The molecule has 0 fully saturated rings. The Morgan fingerprint density at radius 3 is 2.75 bits per heavy atom. The van der Waals surface area contributed by atoms with Crippen LogP contribution in [0.4, 0.5) is 0 Å². The van der Waals surface area contributed by atoms with Crippen molar-refractivity contribution in [3.8, 4) is 6.07 Å². The molecule has 0 saturated carbocycles. The van der Waals surface area contributed by atoms with Gasteiger partial charge >= 0.3 is 0 Å². The summed E-state index contributed by atoms with van der Waals surface area (Å²) in [7, 11) is 0. The number of carbonyl (C=O) groups is 1. The zero-order chi connectivity index (χ0) is 9.14. The fourth-order valence-electron chi connectivity index (χ4n) is 0.900. The Morgan fingerprint density at radius 1 is 1.58 bits per heavy atom. The van der Waals surface area contributed by atoms with Crippen LogP contribution >= 0.6 is 15.9 Å². The van der Waals surface area contributed by atoms with Crippen molar-refractivity contribution in [2.75, 3.05) is 0 Å². The molecule has 0 aliphatic heterocycles. The lowest BCUT2D eigenvalue weighted by molar-refractivity contribution is 0.112. The van der Waals surface area contributed by atoms with Gasteiger partial charge in [0.2, 0.25) is 0 Å². The number of halogens is 1. The lowest BCUT2D eigenvalue weighted by atomic mass is 10.1. The smallest absolute Gasteiger partial charge is 0.151 e. The minimum absolute atomic E-state index is 0.511. The molecule has 0 spiro atoms. The van der Waals surface area contributed by atoms with E-state index in [1.165, 1.54) is 0 Å². The van der Waals surface area contributed by atoms with Gasteiger partial charge in [0, 0.05) is 10.0 Å². The van der Waals surface area contributed by atoms with Crippen LogP contribution in [0, 0.1) is 18.3 Å². The molecule has 0 N–H and O–H groups in total. The largest absolute Gasteiger partial charge is 0.298 e. The van der Waals surface area contributed by atoms with E-state index in [0.717, 1.165) is 16.3 Å². The molecule has 2 nitrogen and oxygen atoms in total. The van der Waals surface area contributed by atoms with Crippen molar-refractivity contribution < 1.29 is 4.79 Å². The van der Waals surface area contributed by atoms with E-state index in [9.17, 15) is 4.79 Å². The zero-order valence-electron chi connectivity index (χ0n) is 6.47. The molecule has 0 unspecified atom stereocenters. The van der Waals surface area contributed by atoms with E-state index in [1.807, 2.05) is 13.0 Å². The molecule has 12 heavy (non-hydrogen) atoms. The van der Waals surface area contributed by atoms with Crippen molar-refractivity contribution in [2.45, 2.75) is 6.92 Å². The van der Waals surface area contributed by atoms with Gasteiger partial charge in [0.05, 0.1) is 11.6 Å². The van der Waals surface area contributed by atoms with Gasteiger partial charge in [-0.2, -0.15) is 5.26 Å². The summed E-state index contributed by atoms with van der Waals surface area (Å²) >= 11 is 3.23. The van der Waals surface area contributed by atoms with Crippen LogP contribution < -0.4 is 0 Å². The van der Waals surface area contributed by atoms with Crippen molar-refractivity contribution in [1.29, 1.82) is 5.26 Å². The van der Waals surface area contributed by atoms with Gasteiger partial charge in [-0.15, -0.1) is 0 Å². The van der Waals surface area contributed by atoms with Crippen molar-refractivity contribution >= 4 is 22.2 Å². The van der Waals surface area contributed by atoms with Crippen LogP contribution in [0.15, 0.2) is 16.6 Å². The summed E-state index contributed by atoms with van der Waals surface area (Å²) in [5.41, 5.74) is 1.92. The monoisotopic (exact) mass is 223 g/mol. The Labute approximate surface area is 78.9 Å². The second-order valence-corrected chi connectivity index (χ2v) is 3.27. The summed E-state index contributed by atoms with van der Waals surface area (Å²) in [5.74, 6) is 0. The number of aldehydes is 1. The predicted octanol–water partition coefficient (Wildman–Crippen LogP) is 2.44. The molecule has 3 heteroatoms. The molecule has 0 bridgehead atoms. The fraction of sp³-hybridized carbons (Fsp3) is 0.111. The molecule has 1 rings (SSSR count). The van der Waals surface area contributed by atoms with Crippen LogP contribution in [0.2, 0.25) is 0 Å².